The number of nitrogens with zero attached hydrogens (tertiary/aromatic N) is 1. The van der Waals surface area contributed by atoms with Crippen LogP contribution in [0.25, 0.3) is 0 Å². The van der Waals surface area contributed by atoms with E-state index in [2.05, 4.69) is 0 Å². The Balaban J connectivity index is 2.39. The van der Waals surface area contributed by atoms with Crippen LogP contribution in [0.5, 0.6) is 5.75 Å². The van der Waals surface area contributed by atoms with Gasteiger partial charge in [0.05, 0.1) is 30.4 Å². The van der Waals surface area contributed by atoms with Crippen LogP contribution in [0.1, 0.15) is 60.1 Å². The number of hydrogen-bond acceptors (Lipinski definition) is 5. The first kappa shape index (κ1) is 20.2. The number of benzene rings is 1. The zero-order valence-electron chi connectivity index (χ0n) is 16.7. The Hall–Kier alpha value is -1.14. The topological polar surface area (TPSA) is 51.2 Å². The zero-order valence-corrected chi connectivity index (χ0v) is 16.7. The molecule has 1 saturated heterocycles. The van der Waals surface area contributed by atoms with Crippen molar-refractivity contribution in [3.8, 4) is 5.75 Å². The molecule has 0 spiro atoms. The number of hydrogen-bond donors (Lipinski definition) is 1. The molecule has 0 aliphatic carbocycles. The lowest BCUT2D eigenvalue weighted by atomic mass is 9.99. The summed E-state index contributed by atoms with van der Waals surface area (Å²) < 4.78 is 17.9. The third kappa shape index (κ3) is 4.94. The molecule has 1 aliphatic rings. The van der Waals surface area contributed by atoms with Gasteiger partial charge < -0.3 is 19.4 Å². The lowest BCUT2D eigenvalue weighted by molar-refractivity contribution is -0.159. The van der Waals surface area contributed by atoms with E-state index in [0.717, 1.165) is 11.3 Å². The largest absolute Gasteiger partial charge is 0.497 e. The van der Waals surface area contributed by atoms with Gasteiger partial charge in [0.15, 0.2) is 0 Å². The molecule has 0 saturated carbocycles. The van der Waals surface area contributed by atoms with E-state index < -0.39 is 0 Å². The quantitative estimate of drug-likeness (QED) is 0.881. The first-order valence-corrected chi connectivity index (χ1v) is 8.90. The SMILES string of the molecule is COc1ccc([C@@H]2[C@@H](OC(C)(C)C)[C@H](OC(C)(C)C)[C@@H](C)N2O)cc1. The zero-order chi connectivity index (χ0) is 19.0. The Bertz CT molecular complexity index is 559. The van der Waals surface area contributed by atoms with E-state index in [1.54, 1.807) is 7.11 Å². The molecule has 0 aromatic heterocycles. The van der Waals surface area contributed by atoms with E-state index in [1.165, 1.54) is 5.06 Å². The molecule has 0 radical (unpaired) electrons. The maximum atomic E-state index is 10.8. The highest BCUT2D eigenvalue weighted by atomic mass is 16.6. The van der Waals surface area contributed by atoms with Gasteiger partial charge >= 0.3 is 0 Å². The molecule has 5 heteroatoms. The van der Waals surface area contributed by atoms with E-state index in [0.29, 0.717) is 0 Å². The molecule has 1 N–H and O–H groups in total. The van der Waals surface area contributed by atoms with Gasteiger partial charge in [-0.2, -0.15) is 5.06 Å². The fourth-order valence-corrected chi connectivity index (χ4v) is 3.27. The lowest BCUT2D eigenvalue weighted by Crippen LogP contribution is -2.43. The van der Waals surface area contributed by atoms with Crippen molar-refractivity contribution in [2.45, 2.75) is 84.0 Å². The number of hydroxylamine groups is 2. The molecule has 0 amide bonds. The fraction of sp³-hybridized carbons (Fsp3) is 0.700. The molecule has 1 aromatic carbocycles. The molecule has 1 aromatic rings. The van der Waals surface area contributed by atoms with Crippen molar-refractivity contribution in [1.29, 1.82) is 0 Å². The van der Waals surface area contributed by atoms with Crippen LogP contribution in [0, 0.1) is 0 Å². The summed E-state index contributed by atoms with van der Waals surface area (Å²) >= 11 is 0. The highest BCUT2D eigenvalue weighted by Crippen LogP contribution is 2.41. The van der Waals surface area contributed by atoms with Crippen LogP contribution in [-0.4, -0.2) is 46.8 Å². The lowest BCUT2D eigenvalue weighted by Gasteiger charge is -2.35. The van der Waals surface area contributed by atoms with Crippen molar-refractivity contribution in [1.82, 2.24) is 5.06 Å². The summed E-state index contributed by atoms with van der Waals surface area (Å²) in [4.78, 5) is 0. The molecule has 0 bridgehead atoms. The highest BCUT2D eigenvalue weighted by Gasteiger charge is 2.51. The van der Waals surface area contributed by atoms with Crippen LogP contribution in [0.3, 0.4) is 0 Å². The molecule has 4 atom stereocenters. The molecule has 1 aliphatic heterocycles. The normalized spacial score (nSPS) is 28.4. The third-order valence-corrected chi connectivity index (χ3v) is 4.25. The molecule has 1 heterocycles. The third-order valence-electron chi connectivity index (χ3n) is 4.25. The second kappa shape index (κ2) is 7.23. The smallest absolute Gasteiger partial charge is 0.118 e. The van der Waals surface area contributed by atoms with Crippen LogP contribution < -0.4 is 4.74 Å². The van der Waals surface area contributed by atoms with Gasteiger partial charge in [-0.25, -0.2) is 0 Å². The van der Waals surface area contributed by atoms with Crippen molar-refractivity contribution in [2.24, 2.45) is 0 Å². The summed E-state index contributed by atoms with van der Waals surface area (Å²) in [5, 5.41) is 12.2. The fourth-order valence-electron chi connectivity index (χ4n) is 3.27. The Morgan fingerprint density at radius 3 is 1.80 bits per heavy atom. The molecule has 2 rings (SSSR count). The average molecular weight is 351 g/mol. The van der Waals surface area contributed by atoms with Crippen LogP contribution in [0.2, 0.25) is 0 Å². The molecule has 5 nitrogen and oxygen atoms in total. The van der Waals surface area contributed by atoms with Crippen molar-refractivity contribution in [3.05, 3.63) is 29.8 Å². The maximum Gasteiger partial charge on any atom is 0.118 e. The summed E-state index contributed by atoms with van der Waals surface area (Å²) in [5.74, 6) is 0.787. The van der Waals surface area contributed by atoms with Gasteiger partial charge in [0, 0.05) is 0 Å². The van der Waals surface area contributed by atoms with Gasteiger partial charge in [0.1, 0.15) is 18.0 Å². The maximum absolute atomic E-state index is 10.8. The van der Waals surface area contributed by atoms with Gasteiger partial charge in [-0.15, -0.1) is 0 Å². The van der Waals surface area contributed by atoms with E-state index in [9.17, 15) is 5.21 Å². The minimum atomic E-state index is -0.347. The van der Waals surface area contributed by atoms with Crippen LogP contribution in [0.15, 0.2) is 24.3 Å². The minimum Gasteiger partial charge on any atom is -0.497 e. The van der Waals surface area contributed by atoms with Gasteiger partial charge in [-0.1, -0.05) is 12.1 Å². The standard InChI is InChI=1S/C20H33NO4/c1-13-17(24-19(2,3)4)18(25-20(5,6)7)16(21(13)22)14-9-11-15(23-8)12-10-14/h9-13,16-18,22H,1-8H3/t13-,16-,17-,18-/m1/s1. The molecular weight excluding hydrogens is 318 g/mol. The molecule has 1 fully saturated rings. The predicted octanol–water partition coefficient (Wildman–Crippen LogP) is 4.20. The molecule has 25 heavy (non-hydrogen) atoms. The first-order valence-electron chi connectivity index (χ1n) is 8.90. The van der Waals surface area contributed by atoms with Crippen LogP contribution in [-0.2, 0) is 9.47 Å². The second-order valence-corrected chi connectivity index (χ2v) is 8.73. The monoisotopic (exact) mass is 351 g/mol. The van der Waals surface area contributed by atoms with Crippen LogP contribution in [0.4, 0.5) is 0 Å². The van der Waals surface area contributed by atoms with Crippen molar-refractivity contribution >= 4 is 0 Å². The van der Waals surface area contributed by atoms with Gasteiger partial charge in [-0.3, -0.25) is 0 Å². The second-order valence-electron chi connectivity index (χ2n) is 8.73. The van der Waals surface area contributed by atoms with Gasteiger partial charge in [0.2, 0.25) is 0 Å². The highest BCUT2D eigenvalue weighted by molar-refractivity contribution is 5.31. The first-order chi connectivity index (χ1) is 11.4. The minimum absolute atomic E-state index is 0.182. The number of rotatable bonds is 4. The molecule has 142 valence electrons. The van der Waals surface area contributed by atoms with Crippen LogP contribution >= 0.6 is 0 Å². The predicted molar refractivity (Wildman–Crippen MR) is 98.1 cm³/mol. The Labute approximate surface area is 151 Å². The molecular formula is C20H33NO4. The Kier molecular flexibility index (Phi) is 5.84. The molecule has 0 unspecified atom stereocenters. The van der Waals surface area contributed by atoms with Gasteiger partial charge in [0.25, 0.3) is 0 Å². The summed E-state index contributed by atoms with van der Waals surface area (Å²) in [7, 11) is 1.64. The van der Waals surface area contributed by atoms with E-state index in [1.807, 2.05) is 72.7 Å². The summed E-state index contributed by atoms with van der Waals surface area (Å²) in [5.41, 5.74) is 0.304. The Morgan fingerprint density at radius 1 is 0.880 bits per heavy atom. The number of methoxy groups -OCH3 is 1. The van der Waals surface area contributed by atoms with Crippen molar-refractivity contribution < 1.29 is 19.4 Å². The van der Waals surface area contributed by atoms with Crippen molar-refractivity contribution in [2.75, 3.05) is 7.11 Å². The van der Waals surface area contributed by atoms with Crippen molar-refractivity contribution in [3.63, 3.8) is 0 Å². The average Bonchev–Trinajstić information content (AvgIpc) is 2.69. The number of ether oxygens (including phenoxy) is 3. The summed E-state index contributed by atoms with van der Waals surface area (Å²) in [6, 6.07) is 7.27. The van der Waals surface area contributed by atoms with E-state index >= 15 is 0 Å². The van der Waals surface area contributed by atoms with E-state index in [-0.39, 0.29) is 35.5 Å². The summed E-state index contributed by atoms with van der Waals surface area (Å²) in [6.07, 6.45) is -0.524. The Morgan fingerprint density at radius 2 is 1.36 bits per heavy atom. The van der Waals surface area contributed by atoms with Gasteiger partial charge in [-0.05, 0) is 66.2 Å². The summed E-state index contributed by atoms with van der Waals surface area (Å²) in [6.45, 7) is 14.1. The van der Waals surface area contributed by atoms with E-state index in [4.69, 9.17) is 14.2 Å².